The molecule has 0 saturated carbocycles. The minimum Gasteiger partial charge on any atom is -0.267 e. The summed E-state index contributed by atoms with van der Waals surface area (Å²) in [5, 5.41) is 1.30. The van der Waals surface area contributed by atoms with Crippen LogP contribution in [0.4, 0.5) is 5.69 Å². The molecule has 21 heavy (non-hydrogen) atoms. The average molecular weight is 299 g/mol. The second kappa shape index (κ2) is 5.74. The third kappa shape index (κ3) is 3.00. The van der Waals surface area contributed by atoms with Crippen LogP contribution in [0.1, 0.15) is 17.5 Å². The van der Waals surface area contributed by atoms with Gasteiger partial charge in [-0.15, -0.1) is 0 Å². The molecule has 0 bridgehead atoms. The van der Waals surface area contributed by atoms with Crippen LogP contribution in [0.15, 0.2) is 60.0 Å². The van der Waals surface area contributed by atoms with Gasteiger partial charge >= 0.3 is 0 Å². The fraction of sp³-hybridized carbons (Fsp3) is 0.176. The van der Waals surface area contributed by atoms with Gasteiger partial charge in [0.05, 0.1) is 11.1 Å². The average Bonchev–Trinajstić information content (AvgIpc) is 2.53. The van der Waals surface area contributed by atoms with Gasteiger partial charge in [0, 0.05) is 6.54 Å². The Kier molecular flexibility index (Phi) is 3.80. The molecule has 1 aliphatic heterocycles. The molecule has 0 spiro atoms. The molecule has 0 aromatic heterocycles. The lowest BCUT2D eigenvalue weighted by atomic mass is 10.0. The second-order valence-corrected chi connectivity index (χ2v) is 6.81. The Labute approximate surface area is 125 Å². The molecule has 0 saturated heterocycles. The fourth-order valence-corrected chi connectivity index (χ4v) is 3.88. The number of fused-ring (bicyclic) bond motifs is 1. The lowest BCUT2D eigenvalue weighted by molar-refractivity contribution is 0.595. The Hall–Kier alpha value is -2.07. The van der Waals surface area contributed by atoms with E-state index in [2.05, 4.69) is 0 Å². The molecule has 108 valence electrons. The van der Waals surface area contributed by atoms with Gasteiger partial charge in [0.1, 0.15) is 0 Å². The number of sulfonamides is 1. The monoisotopic (exact) mass is 299 g/mol. The quantitative estimate of drug-likeness (QED) is 0.870. The van der Waals surface area contributed by atoms with Crippen molar-refractivity contribution in [3.05, 3.63) is 71.1 Å². The van der Waals surface area contributed by atoms with E-state index in [1.807, 2.05) is 54.6 Å². The minimum atomic E-state index is -3.44. The maximum Gasteiger partial charge on any atom is 0.257 e. The molecule has 3 nitrogen and oxygen atoms in total. The fourth-order valence-electron chi connectivity index (χ4n) is 2.57. The number of anilines is 1. The van der Waals surface area contributed by atoms with Crippen LogP contribution in [-0.4, -0.2) is 15.0 Å². The van der Waals surface area contributed by atoms with Gasteiger partial charge in [-0.1, -0.05) is 48.5 Å². The molecule has 2 aromatic carbocycles. The predicted octanol–water partition coefficient (Wildman–Crippen LogP) is 3.44. The molecule has 1 aliphatic rings. The van der Waals surface area contributed by atoms with E-state index >= 15 is 0 Å². The predicted molar refractivity (Wildman–Crippen MR) is 86.5 cm³/mol. The number of hydrogen-bond donors (Lipinski definition) is 0. The van der Waals surface area contributed by atoms with Gasteiger partial charge < -0.3 is 0 Å². The first kappa shape index (κ1) is 13.9. The van der Waals surface area contributed by atoms with Crippen LogP contribution in [0.3, 0.4) is 0 Å². The molecule has 1 heterocycles. The largest absolute Gasteiger partial charge is 0.267 e. The van der Waals surface area contributed by atoms with E-state index < -0.39 is 10.0 Å². The highest BCUT2D eigenvalue weighted by Gasteiger charge is 2.24. The van der Waals surface area contributed by atoms with Crippen LogP contribution in [0.25, 0.3) is 6.08 Å². The summed E-state index contributed by atoms with van der Waals surface area (Å²) in [6, 6.07) is 17.2. The molecule has 0 atom stereocenters. The van der Waals surface area contributed by atoms with Crippen LogP contribution in [0.2, 0.25) is 0 Å². The highest BCUT2D eigenvalue weighted by Crippen LogP contribution is 2.29. The SMILES string of the molecule is O=S(=O)(/C=C\c1ccccc1)N1CCCc2ccccc21. The summed E-state index contributed by atoms with van der Waals surface area (Å²) in [4.78, 5) is 0. The Balaban J connectivity index is 1.91. The number of aryl methyl sites for hydroxylation is 1. The number of hydrogen-bond acceptors (Lipinski definition) is 2. The van der Waals surface area contributed by atoms with E-state index in [9.17, 15) is 8.42 Å². The summed E-state index contributed by atoms with van der Waals surface area (Å²) in [7, 11) is -3.44. The number of rotatable bonds is 3. The molecule has 0 radical (unpaired) electrons. The van der Waals surface area contributed by atoms with Crippen molar-refractivity contribution in [3.8, 4) is 0 Å². The zero-order chi connectivity index (χ0) is 14.7. The Morgan fingerprint density at radius 3 is 2.48 bits per heavy atom. The molecule has 2 aromatic rings. The zero-order valence-corrected chi connectivity index (χ0v) is 12.5. The molecule has 0 unspecified atom stereocenters. The summed E-state index contributed by atoms with van der Waals surface area (Å²) in [5.74, 6) is 0. The van der Waals surface area contributed by atoms with Crippen molar-refractivity contribution >= 4 is 21.8 Å². The lowest BCUT2D eigenvalue weighted by Gasteiger charge is -2.29. The van der Waals surface area contributed by atoms with Gasteiger partial charge in [0.25, 0.3) is 10.0 Å². The van der Waals surface area contributed by atoms with E-state index in [-0.39, 0.29) is 0 Å². The van der Waals surface area contributed by atoms with E-state index in [1.165, 1.54) is 9.71 Å². The molecular weight excluding hydrogens is 282 g/mol. The lowest BCUT2D eigenvalue weighted by Crippen LogP contribution is -2.33. The number of nitrogens with zero attached hydrogens (tertiary/aromatic N) is 1. The van der Waals surface area contributed by atoms with Gasteiger partial charge in [-0.25, -0.2) is 8.42 Å². The van der Waals surface area contributed by atoms with Gasteiger partial charge in [0.15, 0.2) is 0 Å². The summed E-state index contributed by atoms with van der Waals surface area (Å²) in [5.41, 5.74) is 2.79. The minimum absolute atomic E-state index is 0.540. The van der Waals surface area contributed by atoms with Crippen LogP contribution >= 0.6 is 0 Å². The topological polar surface area (TPSA) is 37.4 Å². The number of para-hydroxylation sites is 1. The van der Waals surface area contributed by atoms with Crippen molar-refractivity contribution in [3.63, 3.8) is 0 Å². The van der Waals surface area contributed by atoms with Gasteiger partial charge in [-0.2, -0.15) is 0 Å². The normalized spacial score (nSPS) is 15.1. The Morgan fingerprint density at radius 2 is 1.67 bits per heavy atom. The van der Waals surface area contributed by atoms with Crippen molar-refractivity contribution in [1.29, 1.82) is 0 Å². The van der Waals surface area contributed by atoms with Crippen LogP contribution in [0.5, 0.6) is 0 Å². The first-order valence-electron chi connectivity index (χ1n) is 7.01. The Bertz CT molecular complexity index is 751. The molecule has 3 rings (SSSR count). The van der Waals surface area contributed by atoms with Crippen molar-refractivity contribution in [2.45, 2.75) is 12.8 Å². The smallest absolute Gasteiger partial charge is 0.257 e. The summed E-state index contributed by atoms with van der Waals surface area (Å²) in [6.45, 7) is 0.540. The molecule has 0 fully saturated rings. The van der Waals surface area contributed by atoms with Gasteiger partial charge in [-0.05, 0) is 36.1 Å². The molecule has 4 heteroatoms. The van der Waals surface area contributed by atoms with Crippen molar-refractivity contribution in [1.82, 2.24) is 0 Å². The van der Waals surface area contributed by atoms with Gasteiger partial charge in [-0.3, -0.25) is 4.31 Å². The van der Waals surface area contributed by atoms with E-state index in [0.29, 0.717) is 6.54 Å². The zero-order valence-electron chi connectivity index (χ0n) is 11.6. The number of benzene rings is 2. The maximum atomic E-state index is 12.6. The van der Waals surface area contributed by atoms with E-state index in [1.54, 1.807) is 6.08 Å². The van der Waals surface area contributed by atoms with Crippen molar-refractivity contribution < 1.29 is 8.42 Å². The second-order valence-electron chi connectivity index (χ2n) is 5.06. The van der Waals surface area contributed by atoms with Crippen LogP contribution in [0, 0.1) is 0 Å². The third-order valence-electron chi connectivity index (χ3n) is 3.61. The van der Waals surface area contributed by atoms with Crippen molar-refractivity contribution in [2.24, 2.45) is 0 Å². The third-order valence-corrected chi connectivity index (χ3v) is 5.08. The standard InChI is InChI=1S/C17H17NO2S/c19-21(20,14-12-15-7-2-1-3-8-15)18-13-6-10-16-9-4-5-11-17(16)18/h1-5,7-9,11-12,14H,6,10,13H2/b14-12-. The van der Waals surface area contributed by atoms with Gasteiger partial charge in [0.2, 0.25) is 0 Å². The van der Waals surface area contributed by atoms with Crippen LogP contribution < -0.4 is 4.31 Å². The summed E-state index contributed by atoms with van der Waals surface area (Å²) >= 11 is 0. The van der Waals surface area contributed by atoms with Crippen LogP contribution in [-0.2, 0) is 16.4 Å². The molecular formula is C17H17NO2S. The molecule has 0 aliphatic carbocycles. The van der Waals surface area contributed by atoms with Crippen molar-refractivity contribution in [2.75, 3.05) is 10.8 Å². The molecule has 0 N–H and O–H groups in total. The first-order chi connectivity index (χ1) is 10.2. The highest BCUT2D eigenvalue weighted by molar-refractivity contribution is 7.95. The summed E-state index contributed by atoms with van der Waals surface area (Å²) in [6.07, 6.45) is 3.44. The highest BCUT2D eigenvalue weighted by atomic mass is 32.2. The first-order valence-corrected chi connectivity index (χ1v) is 8.51. The van der Waals surface area contributed by atoms with E-state index in [0.717, 1.165) is 29.7 Å². The van der Waals surface area contributed by atoms with E-state index in [4.69, 9.17) is 0 Å². The molecule has 0 amide bonds. The Morgan fingerprint density at radius 1 is 0.952 bits per heavy atom. The maximum absolute atomic E-state index is 12.6. The summed E-state index contributed by atoms with van der Waals surface area (Å²) < 4.78 is 26.6.